The van der Waals surface area contributed by atoms with Gasteiger partial charge in [-0.15, -0.1) is 9.35 Å². The van der Waals surface area contributed by atoms with Crippen molar-refractivity contribution in [3.63, 3.8) is 0 Å². The zero-order chi connectivity index (χ0) is 19.6. The molecule has 0 atom stereocenters. The van der Waals surface area contributed by atoms with E-state index in [1.165, 1.54) is 30.3 Å². The van der Waals surface area contributed by atoms with Crippen LogP contribution in [0, 0.1) is 0 Å². The van der Waals surface area contributed by atoms with E-state index >= 15 is 0 Å². The van der Waals surface area contributed by atoms with Crippen LogP contribution < -0.4 is 5.32 Å². The summed E-state index contributed by atoms with van der Waals surface area (Å²) in [6.07, 6.45) is 0. The molecule has 0 bridgehead atoms. The molecule has 0 fully saturated rings. The average Bonchev–Trinajstić information content (AvgIpc) is 3.13. The first-order valence-electron chi connectivity index (χ1n) is 8.18. The van der Waals surface area contributed by atoms with Crippen molar-refractivity contribution >= 4 is 44.3 Å². The van der Waals surface area contributed by atoms with Gasteiger partial charge >= 0.3 is 10.1 Å². The Morgan fingerprint density at radius 3 is 2.11 bits per heavy atom. The molecule has 2 heterocycles. The number of nitrogens with one attached hydrogen (secondary N) is 1. The Labute approximate surface area is 158 Å². The minimum Gasteiger partial charge on any atom is -0.321 e. The third-order valence-corrected chi connectivity index (χ3v) is 5.93. The summed E-state index contributed by atoms with van der Waals surface area (Å²) in [5.74, 6) is -2.05. The molecular formula is C19H10N2O6S. The molecule has 0 spiro atoms. The highest BCUT2D eigenvalue weighted by atomic mass is 32.2. The number of anilines is 1. The van der Waals surface area contributed by atoms with Crippen LogP contribution in [0.1, 0.15) is 31.1 Å². The Kier molecular flexibility index (Phi) is 3.25. The van der Waals surface area contributed by atoms with Crippen molar-refractivity contribution in [2.45, 2.75) is 4.90 Å². The molecule has 5 rings (SSSR count). The standard InChI is InChI=1S/C19H10N2O6S/c22-17-13-7-3-6-12-15(9-8-14(20-17)16(12)13)28(25,26)27-21-18(23)10-4-1-2-5-11(10)19(21)24/h1-9H,(H,20,22). The molecule has 1 N–H and O–H groups in total. The van der Waals surface area contributed by atoms with E-state index < -0.39 is 21.9 Å². The van der Waals surface area contributed by atoms with Crippen LogP contribution in [-0.2, 0) is 14.4 Å². The fourth-order valence-electron chi connectivity index (χ4n) is 3.45. The molecule has 3 aromatic carbocycles. The summed E-state index contributed by atoms with van der Waals surface area (Å²) in [5.41, 5.74) is 0.955. The zero-order valence-electron chi connectivity index (χ0n) is 14.0. The van der Waals surface area contributed by atoms with Gasteiger partial charge in [-0.05, 0) is 30.3 Å². The summed E-state index contributed by atoms with van der Waals surface area (Å²) < 4.78 is 30.7. The Balaban J connectivity index is 1.60. The van der Waals surface area contributed by atoms with E-state index in [1.807, 2.05) is 0 Å². The first kappa shape index (κ1) is 16.6. The number of rotatable bonds is 3. The first-order valence-corrected chi connectivity index (χ1v) is 9.59. The lowest BCUT2D eigenvalue weighted by Crippen LogP contribution is -2.32. The van der Waals surface area contributed by atoms with E-state index in [0.29, 0.717) is 16.6 Å². The second-order valence-corrected chi connectivity index (χ2v) is 7.77. The van der Waals surface area contributed by atoms with Crippen LogP contribution in [0.15, 0.2) is 59.5 Å². The molecule has 2 aliphatic rings. The van der Waals surface area contributed by atoms with Crippen molar-refractivity contribution < 1.29 is 27.1 Å². The Morgan fingerprint density at radius 2 is 1.43 bits per heavy atom. The van der Waals surface area contributed by atoms with E-state index in [-0.39, 0.29) is 32.4 Å². The normalized spacial score (nSPS) is 15.3. The third-order valence-electron chi connectivity index (χ3n) is 4.69. The summed E-state index contributed by atoms with van der Waals surface area (Å²) in [4.78, 5) is 36.6. The van der Waals surface area contributed by atoms with Crippen LogP contribution in [-0.4, -0.2) is 31.2 Å². The first-order chi connectivity index (χ1) is 13.4. The molecule has 2 aliphatic heterocycles. The van der Waals surface area contributed by atoms with Gasteiger partial charge in [-0.2, -0.15) is 8.42 Å². The van der Waals surface area contributed by atoms with E-state index in [4.69, 9.17) is 4.28 Å². The topological polar surface area (TPSA) is 110 Å². The minimum atomic E-state index is -4.53. The van der Waals surface area contributed by atoms with Crippen molar-refractivity contribution in [2.75, 3.05) is 5.32 Å². The van der Waals surface area contributed by atoms with Crippen molar-refractivity contribution in [1.29, 1.82) is 0 Å². The summed E-state index contributed by atoms with van der Waals surface area (Å²) in [5, 5.41) is 3.60. The molecule has 3 aromatic rings. The maximum atomic E-state index is 12.9. The van der Waals surface area contributed by atoms with E-state index in [0.717, 1.165) is 0 Å². The van der Waals surface area contributed by atoms with Crippen LogP contribution >= 0.6 is 0 Å². The molecule has 8 nitrogen and oxygen atoms in total. The van der Waals surface area contributed by atoms with Gasteiger partial charge in [0, 0.05) is 22.0 Å². The molecule has 3 amide bonds. The average molecular weight is 394 g/mol. The van der Waals surface area contributed by atoms with E-state index in [9.17, 15) is 22.8 Å². The third kappa shape index (κ3) is 2.14. The number of hydroxylamine groups is 2. The Morgan fingerprint density at radius 1 is 0.786 bits per heavy atom. The smallest absolute Gasteiger partial charge is 0.318 e. The van der Waals surface area contributed by atoms with Gasteiger partial charge in [0.1, 0.15) is 4.90 Å². The van der Waals surface area contributed by atoms with Crippen LogP contribution in [0.5, 0.6) is 0 Å². The van der Waals surface area contributed by atoms with Gasteiger partial charge in [0.2, 0.25) is 0 Å². The number of carbonyl (C=O) groups excluding carboxylic acids is 3. The molecule has 0 radical (unpaired) electrons. The second kappa shape index (κ2) is 5.47. The van der Waals surface area contributed by atoms with Crippen molar-refractivity contribution in [3.05, 3.63) is 71.3 Å². The lowest BCUT2D eigenvalue weighted by molar-refractivity contribution is -0.0103. The number of carbonyl (C=O) groups is 3. The predicted octanol–water partition coefficient (Wildman–Crippen LogP) is 2.32. The van der Waals surface area contributed by atoms with E-state index in [1.54, 1.807) is 24.3 Å². The second-order valence-electron chi connectivity index (χ2n) is 6.27. The zero-order valence-corrected chi connectivity index (χ0v) is 14.8. The molecule has 9 heteroatoms. The van der Waals surface area contributed by atoms with Crippen molar-refractivity contribution in [1.82, 2.24) is 5.06 Å². The maximum absolute atomic E-state index is 12.9. The highest BCUT2D eigenvalue weighted by Crippen LogP contribution is 2.37. The monoisotopic (exact) mass is 394 g/mol. The summed E-state index contributed by atoms with van der Waals surface area (Å²) in [7, 11) is -4.53. The number of hydrogen-bond acceptors (Lipinski definition) is 6. The summed E-state index contributed by atoms with van der Waals surface area (Å²) in [6.45, 7) is 0. The number of nitrogens with zero attached hydrogens (tertiary/aromatic N) is 1. The quantitative estimate of drug-likeness (QED) is 0.683. The molecular weight excluding hydrogens is 384 g/mol. The SMILES string of the molecule is O=C1Nc2ccc(S(=O)(=O)ON3C(=O)c4ccccc4C3=O)c3cccc1c23. The molecule has 0 saturated carbocycles. The van der Waals surface area contributed by atoms with Gasteiger partial charge in [0.25, 0.3) is 17.7 Å². The highest BCUT2D eigenvalue weighted by molar-refractivity contribution is 7.87. The number of fused-ring (bicyclic) bond motifs is 1. The van der Waals surface area contributed by atoms with Crippen LogP contribution in [0.25, 0.3) is 10.8 Å². The van der Waals surface area contributed by atoms with Gasteiger partial charge in [-0.25, -0.2) is 0 Å². The lowest BCUT2D eigenvalue weighted by Gasteiger charge is -2.14. The lowest BCUT2D eigenvalue weighted by atomic mass is 10.1. The predicted molar refractivity (Wildman–Crippen MR) is 97.1 cm³/mol. The fraction of sp³-hybridized carbons (Fsp3) is 0. The molecule has 0 aliphatic carbocycles. The van der Waals surface area contributed by atoms with Gasteiger partial charge in [0.05, 0.1) is 11.1 Å². The minimum absolute atomic E-state index is 0.0675. The number of imide groups is 1. The molecule has 0 unspecified atom stereocenters. The van der Waals surface area contributed by atoms with Gasteiger partial charge in [-0.3, -0.25) is 14.4 Å². The maximum Gasteiger partial charge on any atom is 0.318 e. The summed E-state index contributed by atoms with van der Waals surface area (Å²) in [6, 6.07) is 13.3. The number of hydrogen-bond donors (Lipinski definition) is 1. The highest BCUT2D eigenvalue weighted by Gasteiger charge is 2.40. The number of benzene rings is 3. The Hall–Kier alpha value is -3.56. The molecule has 28 heavy (non-hydrogen) atoms. The van der Waals surface area contributed by atoms with Gasteiger partial charge < -0.3 is 5.32 Å². The van der Waals surface area contributed by atoms with Crippen LogP contribution in [0.4, 0.5) is 5.69 Å². The molecule has 138 valence electrons. The van der Waals surface area contributed by atoms with Crippen LogP contribution in [0.2, 0.25) is 0 Å². The van der Waals surface area contributed by atoms with Gasteiger partial charge in [0.15, 0.2) is 0 Å². The van der Waals surface area contributed by atoms with Crippen LogP contribution in [0.3, 0.4) is 0 Å². The van der Waals surface area contributed by atoms with Gasteiger partial charge in [-0.1, -0.05) is 24.3 Å². The molecule has 0 saturated heterocycles. The van der Waals surface area contributed by atoms with Crippen molar-refractivity contribution in [3.8, 4) is 0 Å². The van der Waals surface area contributed by atoms with Crippen molar-refractivity contribution in [2.24, 2.45) is 0 Å². The summed E-state index contributed by atoms with van der Waals surface area (Å²) >= 11 is 0. The number of amides is 3. The largest absolute Gasteiger partial charge is 0.321 e. The van der Waals surface area contributed by atoms with E-state index in [2.05, 4.69) is 5.32 Å². The fourth-order valence-corrected chi connectivity index (χ4v) is 4.54. The Bertz CT molecular complexity index is 1310. The molecule has 0 aromatic heterocycles.